The van der Waals surface area contributed by atoms with Crippen molar-refractivity contribution >= 4 is 23.0 Å². The van der Waals surface area contributed by atoms with E-state index in [-0.39, 0.29) is 12.1 Å². The number of pyridine rings is 2. The molecule has 1 aliphatic heterocycles. The van der Waals surface area contributed by atoms with Crippen LogP contribution in [0.4, 0.5) is 5.69 Å². The van der Waals surface area contributed by atoms with Crippen LogP contribution in [0.5, 0.6) is 11.5 Å². The zero-order valence-corrected chi connectivity index (χ0v) is 20.9. The first-order valence-electron chi connectivity index (χ1n) is 11.4. The van der Waals surface area contributed by atoms with Gasteiger partial charge in [0.25, 0.3) is 0 Å². The smallest absolute Gasteiger partial charge is 0.174 e. The summed E-state index contributed by atoms with van der Waals surface area (Å²) in [5.41, 5.74) is 6.12. The third-order valence-electron chi connectivity index (χ3n) is 6.44. The summed E-state index contributed by atoms with van der Waals surface area (Å²) in [6.45, 7) is 4.24. The van der Waals surface area contributed by atoms with Gasteiger partial charge in [0.05, 0.1) is 49.6 Å². The first kappa shape index (κ1) is 22.9. The van der Waals surface area contributed by atoms with Crippen LogP contribution in [0.1, 0.15) is 34.7 Å². The number of nitrogens with zero attached hydrogens (tertiary/aromatic N) is 4. The highest BCUT2D eigenvalue weighted by Crippen LogP contribution is 2.47. The fourth-order valence-electron chi connectivity index (χ4n) is 4.89. The van der Waals surface area contributed by atoms with Gasteiger partial charge in [-0.05, 0) is 74.1 Å². The van der Waals surface area contributed by atoms with Crippen LogP contribution in [0.15, 0.2) is 73.2 Å². The maximum Gasteiger partial charge on any atom is 0.174 e. The van der Waals surface area contributed by atoms with E-state index in [1.54, 1.807) is 20.4 Å². The fourth-order valence-corrected chi connectivity index (χ4v) is 5.22. The molecule has 0 amide bonds. The van der Waals surface area contributed by atoms with E-state index >= 15 is 0 Å². The minimum Gasteiger partial charge on any atom is -0.497 e. The van der Waals surface area contributed by atoms with E-state index in [9.17, 15) is 0 Å². The Morgan fingerprint density at radius 1 is 0.971 bits per heavy atom. The highest BCUT2D eigenvalue weighted by atomic mass is 32.1. The van der Waals surface area contributed by atoms with Gasteiger partial charge >= 0.3 is 0 Å². The molecule has 0 saturated carbocycles. The molecule has 0 spiro atoms. The number of hydrogen-bond donors (Lipinski definition) is 1. The molecule has 3 aromatic heterocycles. The Bertz CT molecular complexity index is 1360. The molecule has 1 aliphatic rings. The molecule has 1 saturated heterocycles. The Hall–Kier alpha value is -3.91. The third kappa shape index (κ3) is 4.00. The molecule has 2 atom stereocenters. The average Bonchev–Trinajstić information content (AvgIpc) is 3.39. The molecule has 1 N–H and O–H groups in total. The van der Waals surface area contributed by atoms with Crippen molar-refractivity contribution in [3.05, 3.63) is 95.8 Å². The topological polar surface area (TPSA) is 64.4 Å². The molecule has 35 heavy (non-hydrogen) atoms. The van der Waals surface area contributed by atoms with Gasteiger partial charge in [-0.15, -0.1) is 0 Å². The van der Waals surface area contributed by atoms with Crippen molar-refractivity contribution in [3.8, 4) is 17.2 Å². The Labute approximate surface area is 210 Å². The molecule has 7 nitrogen and oxygen atoms in total. The largest absolute Gasteiger partial charge is 0.497 e. The van der Waals surface area contributed by atoms with E-state index in [2.05, 4.69) is 50.7 Å². The van der Waals surface area contributed by atoms with Gasteiger partial charge in [0.1, 0.15) is 11.5 Å². The predicted octanol–water partition coefficient (Wildman–Crippen LogP) is 5.08. The van der Waals surface area contributed by atoms with E-state index in [0.717, 1.165) is 39.8 Å². The second-order valence-corrected chi connectivity index (χ2v) is 8.79. The minimum atomic E-state index is -0.171. The van der Waals surface area contributed by atoms with Gasteiger partial charge in [0.15, 0.2) is 5.11 Å². The number of anilines is 1. The summed E-state index contributed by atoms with van der Waals surface area (Å²) in [5.74, 6) is 1.44. The van der Waals surface area contributed by atoms with E-state index in [0.29, 0.717) is 10.9 Å². The van der Waals surface area contributed by atoms with Crippen LogP contribution in [0.25, 0.3) is 5.69 Å². The lowest BCUT2D eigenvalue weighted by Gasteiger charge is -2.29. The van der Waals surface area contributed by atoms with Crippen LogP contribution in [0.3, 0.4) is 0 Å². The normalized spacial score (nSPS) is 17.4. The van der Waals surface area contributed by atoms with Crippen LogP contribution in [0, 0.1) is 13.8 Å². The molecule has 4 heterocycles. The Morgan fingerprint density at radius 2 is 1.83 bits per heavy atom. The van der Waals surface area contributed by atoms with Gasteiger partial charge in [-0.25, -0.2) is 0 Å². The first-order chi connectivity index (χ1) is 17.0. The summed E-state index contributed by atoms with van der Waals surface area (Å²) in [5, 5.41) is 4.13. The lowest BCUT2D eigenvalue weighted by molar-refractivity contribution is 0.403. The molecule has 0 aliphatic carbocycles. The minimum absolute atomic E-state index is 0.164. The molecule has 8 heteroatoms. The van der Waals surface area contributed by atoms with Crippen LogP contribution in [-0.2, 0) is 0 Å². The lowest BCUT2D eigenvalue weighted by Crippen LogP contribution is -2.30. The van der Waals surface area contributed by atoms with E-state index in [1.807, 2.05) is 54.9 Å². The van der Waals surface area contributed by atoms with Crippen LogP contribution >= 0.6 is 12.2 Å². The molecule has 2 unspecified atom stereocenters. The fraction of sp³-hybridized carbons (Fsp3) is 0.222. The number of thiocarbonyl (C=S) groups is 1. The Balaban J connectivity index is 1.72. The van der Waals surface area contributed by atoms with Crippen molar-refractivity contribution in [1.29, 1.82) is 0 Å². The number of benzene rings is 1. The van der Waals surface area contributed by atoms with Crippen molar-refractivity contribution in [3.63, 3.8) is 0 Å². The van der Waals surface area contributed by atoms with Crippen LogP contribution < -0.4 is 19.7 Å². The quantitative estimate of drug-likeness (QED) is 0.382. The number of ether oxygens (including phenoxy) is 2. The number of aromatic nitrogens is 3. The van der Waals surface area contributed by atoms with Crippen molar-refractivity contribution in [2.75, 3.05) is 19.1 Å². The van der Waals surface area contributed by atoms with Gasteiger partial charge < -0.3 is 24.3 Å². The number of rotatable bonds is 6. The molecule has 178 valence electrons. The van der Waals surface area contributed by atoms with Crippen LogP contribution in [0.2, 0.25) is 0 Å². The molecule has 5 rings (SSSR count). The monoisotopic (exact) mass is 485 g/mol. The summed E-state index contributed by atoms with van der Waals surface area (Å²) < 4.78 is 13.5. The van der Waals surface area contributed by atoms with Gasteiger partial charge in [0.2, 0.25) is 0 Å². The molecule has 1 aromatic carbocycles. The first-order valence-corrected chi connectivity index (χ1v) is 11.8. The predicted molar refractivity (Wildman–Crippen MR) is 141 cm³/mol. The third-order valence-corrected chi connectivity index (χ3v) is 6.75. The summed E-state index contributed by atoms with van der Waals surface area (Å²) >= 11 is 5.91. The van der Waals surface area contributed by atoms with E-state index < -0.39 is 0 Å². The van der Waals surface area contributed by atoms with Crippen molar-refractivity contribution in [2.45, 2.75) is 25.9 Å². The van der Waals surface area contributed by atoms with E-state index in [1.165, 1.54) is 0 Å². The van der Waals surface area contributed by atoms with Gasteiger partial charge in [0, 0.05) is 29.8 Å². The number of aryl methyl sites for hydroxylation is 1. The molecular weight excluding hydrogens is 458 g/mol. The standard InChI is InChI=1S/C27H27N5O2S/c1-17-14-21(18(2)31(17)19-8-7-12-28-16-19)26-25(22-9-5-6-13-29-22)30-27(35)32(26)23-15-20(33-3)10-11-24(23)34-4/h5-16,25-26H,1-4H3,(H,30,35). The zero-order chi connectivity index (χ0) is 24.5. The highest BCUT2D eigenvalue weighted by molar-refractivity contribution is 7.80. The van der Waals surface area contributed by atoms with Crippen molar-refractivity contribution in [2.24, 2.45) is 0 Å². The summed E-state index contributed by atoms with van der Waals surface area (Å²) in [7, 11) is 3.32. The second kappa shape index (κ2) is 9.38. The SMILES string of the molecule is COc1ccc(OC)c(N2C(=S)NC(c3ccccn3)C2c2cc(C)n(-c3cccnc3)c2C)c1. The lowest BCUT2D eigenvalue weighted by atomic mass is 9.96. The maximum atomic E-state index is 5.91. The summed E-state index contributed by atoms with van der Waals surface area (Å²) in [4.78, 5) is 11.1. The number of nitrogens with one attached hydrogen (secondary N) is 1. The Morgan fingerprint density at radius 3 is 2.51 bits per heavy atom. The van der Waals surface area contributed by atoms with Gasteiger partial charge in [-0.1, -0.05) is 6.07 Å². The summed E-state index contributed by atoms with van der Waals surface area (Å²) in [6.07, 6.45) is 5.47. The van der Waals surface area contributed by atoms with Crippen LogP contribution in [-0.4, -0.2) is 33.9 Å². The molecular formula is C27H27N5O2S. The molecule has 0 radical (unpaired) electrons. The average molecular weight is 486 g/mol. The van der Waals surface area contributed by atoms with Crippen molar-refractivity contribution in [1.82, 2.24) is 19.9 Å². The van der Waals surface area contributed by atoms with E-state index in [4.69, 9.17) is 21.7 Å². The van der Waals surface area contributed by atoms with Crippen molar-refractivity contribution < 1.29 is 9.47 Å². The molecule has 4 aromatic rings. The molecule has 0 bridgehead atoms. The van der Waals surface area contributed by atoms with Gasteiger partial charge in [-0.2, -0.15) is 0 Å². The molecule has 1 fully saturated rings. The number of methoxy groups -OCH3 is 2. The zero-order valence-electron chi connectivity index (χ0n) is 20.1. The number of hydrogen-bond acceptors (Lipinski definition) is 5. The maximum absolute atomic E-state index is 5.91. The highest BCUT2D eigenvalue weighted by Gasteiger charge is 2.43. The Kier molecular flexibility index (Phi) is 6.13. The summed E-state index contributed by atoms with van der Waals surface area (Å²) in [6, 6.07) is 17.6. The van der Waals surface area contributed by atoms with Gasteiger partial charge in [-0.3, -0.25) is 9.97 Å². The second-order valence-electron chi connectivity index (χ2n) is 8.41.